The largest absolute Gasteiger partial charge is 0.335 e. The molecule has 2 fully saturated rings. The second-order valence-electron chi connectivity index (χ2n) is 4.76. The number of nitrogens with one attached hydrogen (secondary N) is 1. The molecule has 90 valence electrons. The fourth-order valence-electron chi connectivity index (χ4n) is 2.14. The van der Waals surface area contributed by atoms with Crippen LogP contribution in [-0.2, 0) is 9.59 Å². The van der Waals surface area contributed by atoms with Crippen molar-refractivity contribution in [1.82, 2.24) is 15.1 Å². The van der Waals surface area contributed by atoms with Crippen LogP contribution in [0.4, 0.5) is 0 Å². The van der Waals surface area contributed by atoms with E-state index in [0.29, 0.717) is 18.5 Å². The van der Waals surface area contributed by atoms with Crippen LogP contribution in [0.15, 0.2) is 0 Å². The zero-order chi connectivity index (χ0) is 11.7. The van der Waals surface area contributed by atoms with Crippen LogP contribution in [0.25, 0.3) is 0 Å². The highest BCUT2D eigenvalue weighted by molar-refractivity contribution is 5.92. The topological polar surface area (TPSA) is 52.7 Å². The number of hydrogen-bond acceptors (Lipinski definition) is 3. The molecule has 5 nitrogen and oxygen atoms in total. The zero-order valence-electron chi connectivity index (χ0n) is 9.90. The lowest BCUT2D eigenvalue weighted by molar-refractivity contribution is -0.149. The third-order valence-corrected chi connectivity index (χ3v) is 3.46. The van der Waals surface area contributed by atoms with Crippen LogP contribution in [0.5, 0.6) is 0 Å². The predicted molar refractivity (Wildman–Crippen MR) is 59.8 cm³/mol. The van der Waals surface area contributed by atoms with Gasteiger partial charge in [-0.3, -0.25) is 9.59 Å². The van der Waals surface area contributed by atoms with Crippen molar-refractivity contribution in [3.63, 3.8) is 0 Å². The minimum absolute atomic E-state index is 0.0326. The number of nitrogens with zero attached hydrogens (tertiary/aromatic N) is 2. The van der Waals surface area contributed by atoms with E-state index in [1.165, 1.54) is 17.7 Å². The summed E-state index contributed by atoms with van der Waals surface area (Å²) in [6, 6.07) is 0.347. The van der Waals surface area contributed by atoms with Crippen LogP contribution in [-0.4, -0.2) is 61.4 Å². The average Bonchev–Trinajstić information content (AvgIpc) is 3.05. The summed E-state index contributed by atoms with van der Waals surface area (Å²) in [5, 5.41) is 3.24. The van der Waals surface area contributed by atoms with Gasteiger partial charge >= 0.3 is 0 Å². The summed E-state index contributed by atoms with van der Waals surface area (Å²) in [5.41, 5.74) is 0. The van der Waals surface area contributed by atoms with Gasteiger partial charge in [0.05, 0.1) is 13.1 Å². The van der Waals surface area contributed by atoms with Gasteiger partial charge in [0.15, 0.2) is 0 Å². The molecule has 1 atom stereocenters. The van der Waals surface area contributed by atoms with E-state index in [4.69, 9.17) is 0 Å². The number of carbonyl (C=O) groups excluding carboxylic acids is 2. The highest BCUT2D eigenvalue weighted by Crippen LogP contribution is 2.32. The lowest BCUT2D eigenvalue weighted by Gasteiger charge is -2.34. The van der Waals surface area contributed by atoms with Crippen LogP contribution in [0, 0.1) is 5.92 Å². The van der Waals surface area contributed by atoms with E-state index < -0.39 is 0 Å². The van der Waals surface area contributed by atoms with Gasteiger partial charge in [0, 0.05) is 19.6 Å². The summed E-state index contributed by atoms with van der Waals surface area (Å²) in [4.78, 5) is 26.4. The second kappa shape index (κ2) is 4.41. The molecule has 1 unspecified atom stereocenters. The standard InChI is InChI=1S/C11H19N3O2/c1-12-9(8-3-4-8)5-14-7-10(15)13(2)6-11(14)16/h8-9,12H,3-7H2,1-2H3. The van der Waals surface area contributed by atoms with Crippen LogP contribution in [0.1, 0.15) is 12.8 Å². The maximum Gasteiger partial charge on any atom is 0.242 e. The molecule has 1 aliphatic heterocycles. The zero-order valence-corrected chi connectivity index (χ0v) is 9.90. The molecule has 0 aromatic carbocycles. The molecular weight excluding hydrogens is 206 g/mol. The van der Waals surface area contributed by atoms with E-state index in [-0.39, 0.29) is 24.9 Å². The van der Waals surface area contributed by atoms with Crippen molar-refractivity contribution >= 4 is 11.8 Å². The van der Waals surface area contributed by atoms with Gasteiger partial charge in [-0.1, -0.05) is 0 Å². The normalized spacial score (nSPS) is 23.9. The van der Waals surface area contributed by atoms with Crippen molar-refractivity contribution in [2.45, 2.75) is 18.9 Å². The van der Waals surface area contributed by atoms with E-state index in [9.17, 15) is 9.59 Å². The van der Waals surface area contributed by atoms with Gasteiger partial charge in [0.25, 0.3) is 0 Å². The fourth-order valence-corrected chi connectivity index (χ4v) is 2.14. The maximum absolute atomic E-state index is 11.7. The van der Waals surface area contributed by atoms with E-state index in [1.807, 2.05) is 7.05 Å². The SMILES string of the molecule is CNC(CN1CC(=O)N(C)CC1=O)C1CC1. The molecule has 1 N–H and O–H groups in total. The number of hydrogen-bond donors (Lipinski definition) is 1. The highest BCUT2D eigenvalue weighted by Gasteiger charge is 2.35. The van der Waals surface area contributed by atoms with Crippen LogP contribution in [0.2, 0.25) is 0 Å². The molecular formula is C11H19N3O2. The Hall–Kier alpha value is -1.10. The van der Waals surface area contributed by atoms with E-state index >= 15 is 0 Å². The smallest absolute Gasteiger partial charge is 0.242 e. The first-order chi connectivity index (χ1) is 7.61. The molecule has 2 aliphatic rings. The van der Waals surface area contributed by atoms with Crippen LogP contribution < -0.4 is 5.32 Å². The lowest BCUT2D eigenvalue weighted by Crippen LogP contribution is -2.55. The van der Waals surface area contributed by atoms with E-state index in [1.54, 1.807) is 11.9 Å². The molecule has 1 aliphatic carbocycles. The molecule has 2 amide bonds. The molecule has 2 rings (SSSR count). The first kappa shape index (κ1) is 11.4. The minimum atomic E-state index is 0.0326. The summed E-state index contributed by atoms with van der Waals surface area (Å²) in [7, 11) is 3.60. The first-order valence-electron chi connectivity index (χ1n) is 5.81. The maximum atomic E-state index is 11.7. The van der Waals surface area contributed by atoms with Gasteiger partial charge in [-0.25, -0.2) is 0 Å². The molecule has 1 saturated carbocycles. The van der Waals surface area contributed by atoms with E-state index in [0.717, 1.165) is 0 Å². The van der Waals surface area contributed by atoms with E-state index in [2.05, 4.69) is 5.32 Å². The van der Waals surface area contributed by atoms with Crippen molar-refractivity contribution in [1.29, 1.82) is 0 Å². The third kappa shape index (κ3) is 2.35. The molecule has 0 aromatic heterocycles. The molecule has 0 aromatic rings. The summed E-state index contributed by atoms with van der Waals surface area (Å²) in [6.07, 6.45) is 2.47. The highest BCUT2D eigenvalue weighted by atomic mass is 16.2. The number of amides is 2. The Bertz CT molecular complexity index is 302. The Morgan fingerprint density at radius 3 is 2.56 bits per heavy atom. The number of carbonyl (C=O) groups is 2. The van der Waals surface area contributed by atoms with Crippen molar-refractivity contribution in [2.75, 3.05) is 33.7 Å². The van der Waals surface area contributed by atoms with Crippen LogP contribution >= 0.6 is 0 Å². The van der Waals surface area contributed by atoms with Gasteiger partial charge in [-0.15, -0.1) is 0 Å². The van der Waals surface area contributed by atoms with Crippen molar-refractivity contribution in [3.8, 4) is 0 Å². The lowest BCUT2D eigenvalue weighted by atomic mass is 10.1. The van der Waals surface area contributed by atoms with Crippen LogP contribution in [0.3, 0.4) is 0 Å². The van der Waals surface area contributed by atoms with Gasteiger partial charge < -0.3 is 15.1 Å². The molecule has 1 heterocycles. The van der Waals surface area contributed by atoms with Gasteiger partial charge in [-0.05, 0) is 25.8 Å². The quantitative estimate of drug-likeness (QED) is 0.687. The molecule has 5 heteroatoms. The summed E-state index contributed by atoms with van der Waals surface area (Å²) < 4.78 is 0. The minimum Gasteiger partial charge on any atom is -0.335 e. The first-order valence-corrected chi connectivity index (χ1v) is 5.81. The Balaban J connectivity index is 1.92. The Kier molecular flexibility index (Phi) is 3.14. The van der Waals surface area contributed by atoms with Crippen molar-refractivity contribution in [2.24, 2.45) is 5.92 Å². The number of rotatable bonds is 4. The van der Waals surface area contributed by atoms with Crippen molar-refractivity contribution < 1.29 is 9.59 Å². The third-order valence-electron chi connectivity index (χ3n) is 3.46. The summed E-state index contributed by atoms with van der Waals surface area (Å²) >= 11 is 0. The number of piperazine rings is 1. The van der Waals surface area contributed by atoms with Gasteiger partial charge in [0.1, 0.15) is 0 Å². The molecule has 0 radical (unpaired) electrons. The molecule has 16 heavy (non-hydrogen) atoms. The molecule has 0 spiro atoms. The van der Waals surface area contributed by atoms with Crippen molar-refractivity contribution in [3.05, 3.63) is 0 Å². The Morgan fingerprint density at radius 2 is 2.00 bits per heavy atom. The van der Waals surface area contributed by atoms with Gasteiger partial charge in [0.2, 0.25) is 11.8 Å². The Labute approximate surface area is 95.8 Å². The fraction of sp³-hybridized carbons (Fsp3) is 0.818. The summed E-state index contributed by atoms with van der Waals surface area (Å²) in [5.74, 6) is 0.779. The molecule has 1 saturated heterocycles. The Morgan fingerprint density at radius 1 is 1.31 bits per heavy atom. The predicted octanol–water partition coefficient (Wildman–Crippen LogP) is -0.715. The summed E-state index contributed by atoms with van der Waals surface area (Å²) in [6.45, 7) is 1.12. The molecule has 0 bridgehead atoms. The van der Waals surface area contributed by atoms with Gasteiger partial charge in [-0.2, -0.15) is 0 Å². The average molecular weight is 225 g/mol. The monoisotopic (exact) mass is 225 g/mol. The number of likely N-dealkylation sites (N-methyl/N-ethyl adjacent to an activating group) is 2. The second-order valence-corrected chi connectivity index (χ2v) is 4.76.